The molecule has 2 aliphatic rings. The molecule has 3 heterocycles. The molecule has 25 heavy (non-hydrogen) atoms. The molecule has 130 valence electrons. The van der Waals surface area contributed by atoms with Crippen LogP contribution in [0.3, 0.4) is 0 Å². The standard InChI is InChI=1S/C16H17FN6OS/c17-14-7-13(1-2-15(14)23-10-19-21-22-23)24-8-12-9-25-16(20-12)11-3-5-18-6-4-11/h1-2,7,9-11,18H,3-6,8H2/p+1. The molecule has 1 aromatic heterocycles. The molecule has 1 atom stereocenters. The van der Waals surface area contributed by atoms with Gasteiger partial charge in [0.05, 0.1) is 15.9 Å². The fourth-order valence-corrected chi connectivity index (χ4v) is 3.88. The maximum atomic E-state index is 14.2. The van der Waals surface area contributed by atoms with E-state index in [1.807, 2.05) is 5.38 Å². The monoisotopic (exact) mass is 361 g/mol. The second-order valence-electron chi connectivity index (χ2n) is 5.95. The molecule has 9 heteroatoms. The summed E-state index contributed by atoms with van der Waals surface area (Å²) >= 11 is 1.68. The van der Waals surface area contributed by atoms with E-state index < -0.39 is 5.82 Å². The first-order chi connectivity index (χ1) is 12.3. The van der Waals surface area contributed by atoms with Crippen LogP contribution >= 0.6 is 11.3 Å². The van der Waals surface area contributed by atoms with E-state index in [0.717, 1.165) is 31.6 Å². The van der Waals surface area contributed by atoms with E-state index in [4.69, 9.17) is 4.74 Å². The first-order valence-electron chi connectivity index (χ1n) is 8.18. The van der Waals surface area contributed by atoms with Crippen molar-refractivity contribution in [3.05, 3.63) is 40.1 Å². The highest BCUT2D eigenvalue weighted by Gasteiger charge is 2.20. The summed E-state index contributed by atoms with van der Waals surface area (Å²) in [5.74, 6) is 0.592. The average Bonchev–Trinajstić information content (AvgIpc) is 3.33. The Kier molecular flexibility index (Phi) is 4.77. The predicted octanol–water partition coefficient (Wildman–Crippen LogP) is 2.17. The summed E-state index contributed by atoms with van der Waals surface area (Å²) in [5, 5.41) is 17.8. The van der Waals surface area contributed by atoms with Gasteiger partial charge in [-0.3, -0.25) is 0 Å². The van der Waals surface area contributed by atoms with Gasteiger partial charge >= 0.3 is 0 Å². The Morgan fingerprint density at radius 1 is 1.32 bits per heavy atom. The van der Waals surface area contributed by atoms with Crippen molar-refractivity contribution >= 4 is 23.4 Å². The first-order valence-corrected chi connectivity index (χ1v) is 9.06. The highest BCUT2D eigenvalue weighted by Crippen LogP contribution is 2.28. The normalized spacial score (nSPS) is 20.3. The lowest BCUT2D eigenvalue weighted by Gasteiger charge is -2.20. The van der Waals surface area contributed by atoms with Crippen molar-refractivity contribution < 1.29 is 14.1 Å². The van der Waals surface area contributed by atoms with Crippen molar-refractivity contribution in [1.82, 2.24) is 10.3 Å². The van der Waals surface area contributed by atoms with E-state index in [9.17, 15) is 4.39 Å². The molecule has 0 amide bonds. The molecule has 1 unspecified atom stereocenters. The zero-order valence-corrected chi connectivity index (χ0v) is 14.3. The number of hydrogen-bond acceptors (Lipinski definition) is 7. The Labute approximate surface area is 148 Å². The summed E-state index contributed by atoms with van der Waals surface area (Å²) < 4.78 is 19.9. The number of aromatic nitrogens is 1. The molecule has 1 aromatic carbocycles. The van der Waals surface area contributed by atoms with Gasteiger partial charge in [0.25, 0.3) is 0 Å². The van der Waals surface area contributed by atoms with E-state index in [1.54, 1.807) is 23.5 Å². The summed E-state index contributed by atoms with van der Waals surface area (Å²) in [6, 6.07) is 4.69. The maximum absolute atomic E-state index is 14.2. The number of halogens is 1. The quantitative estimate of drug-likeness (QED) is 0.857. The number of nitrogens with zero attached hydrogens (tertiary/aromatic N) is 4. The van der Waals surface area contributed by atoms with Gasteiger partial charge in [-0.2, -0.15) is 0 Å². The third-order valence-electron chi connectivity index (χ3n) is 4.25. The fourth-order valence-electron chi connectivity index (χ4n) is 2.90. The lowest BCUT2D eigenvalue weighted by molar-refractivity contribution is -0.733. The van der Waals surface area contributed by atoms with Crippen molar-refractivity contribution in [2.75, 3.05) is 13.1 Å². The Balaban J connectivity index is 1.38. The smallest absolute Gasteiger partial charge is 0.243 e. The molecule has 0 aliphatic carbocycles. The Bertz CT molecular complexity index is 790. The summed E-state index contributed by atoms with van der Waals surface area (Å²) in [6.45, 7) is 2.42. The third kappa shape index (κ3) is 3.73. The number of rotatable bonds is 5. The SMILES string of the molecule is Fc1cc(OCc2csc(C3CCNCC3)n2)ccc1[NH+]1C=NN=N1. The molecular weight excluding hydrogens is 343 g/mol. The minimum Gasteiger partial charge on any atom is -0.487 e. The van der Waals surface area contributed by atoms with Crippen LogP contribution in [-0.2, 0) is 6.61 Å². The van der Waals surface area contributed by atoms with Crippen LogP contribution in [0.1, 0.15) is 29.5 Å². The second-order valence-corrected chi connectivity index (χ2v) is 6.84. The van der Waals surface area contributed by atoms with Crippen LogP contribution in [0.2, 0.25) is 0 Å². The summed E-state index contributed by atoms with van der Waals surface area (Å²) in [6.07, 6.45) is 3.68. The number of hydrogen-bond donors (Lipinski definition) is 2. The Morgan fingerprint density at radius 3 is 2.96 bits per heavy atom. The first kappa shape index (κ1) is 16.2. The average molecular weight is 361 g/mol. The van der Waals surface area contributed by atoms with E-state index in [2.05, 4.69) is 25.8 Å². The zero-order chi connectivity index (χ0) is 17.1. The van der Waals surface area contributed by atoms with Gasteiger partial charge in [0.2, 0.25) is 12.0 Å². The van der Waals surface area contributed by atoms with Gasteiger partial charge in [0, 0.05) is 28.7 Å². The number of ether oxygens (including phenoxy) is 1. The molecule has 0 saturated carbocycles. The number of piperidine rings is 1. The van der Waals surface area contributed by atoms with Gasteiger partial charge in [0.1, 0.15) is 12.4 Å². The maximum Gasteiger partial charge on any atom is 0.243 e. The number of benzene rings is 1. The van der Waals surface area contributed by atoms with E-state index in [1.165, 1.54) is 17.4 Å². The van der Waals surface area contributed by atoms with Crippen LogP contribution in [0.25, 0.3) is 0 Å². The minimum absolute atomic E-state index is 0.331. The summed E-state index contributed by atoms with van der Waals surface area (Å²) in [5.41, 5.74) is 1.24. The zero-order valence-electron chi connectivity index (χ0n) is 13.5. The predicted molar refractivity (Wildman–Crippen MR) is 91.7 cm³/mol. The molecular formula is C16H18FN6OS+. The van der Waals surface area contributed by atoms with Crippen molar-refractivity contribution in [1.29, 1.82) is 0 Å². The van der Waals surface area contributed by atoms with E-state index in [-0.39, 0.29) is 0 Å². The van der Waals surface area contributed by atoms with Gasteiger partial charge in [0.15, 0.2) is 5.82 Å². The highest BCUT2D eigenvalue weighted by molar-refractivity contribution is 7.09. The number of quaternary nitrogens is 1. The molecule has 2 N–H and O–H groups in total. The highest BCUT2D eigenvalue weighted by atomic mass is 32.1. The minimum atomic E-state index is -0.409. The Morgan fingerprint density at radius 2 is 2.20 bits per heavy atom. The van der Waals surface area contributed by atoms with Crippen LogP contribution < -0.4 is 15.1 Å². The van der Waals surface area contributed by atoms with Gasteiger partial charge in [-0.05, 0) is 32.0 Å². The van der Waals surface area contributed by atoms with Gasteiger partial charge in [-0.1, -0.05) is 5.10 Å². The van der Waals surface area contributed by atoms with Gasteiger partial charge in [-0.15, -0.1) is 16.3 Å². The fraction of sp³-hybridized carbons (Fsp3) is 0.375. The molecule has 1 saturated heterocycles. The third-order valence-corrected chi connectivity index (χ3v) is 5.30. The van der Waals surface area contributed by atoms with Crippen LogP contribution in [0.4, 0.5) is 10.1 Å². The number of nitrogens with one attached hydrogen (secondary N) is 2. The van der Waals surface area contributed by atoms with Crippen LogP contribution in [-0.4, -0.2) is 24.4 Å². The van der Waals surface area contributed by atoms with Crippen LogP contribution in [0, 0.1) is 5.82 Å². The van der Waals surface area contributed by atoms with E-state index >= 15 is 0 Å². The summed E-state index contributed by atoms with van der Waals surface area (Å²) in [4.78, 5) is 4.68. The van der Waals surface area contributed by atoms with Gasteiger partial charge in [-0.25, -0.2) is 9.37 Å². The van der Waals surface area contributed by atoms with Crippen molar-refractivity contribution in [3.63, 3.8) is 0 Å². The molecule has 1 fully saturated rings. The molecule has 0 radical (unpaired) electrons. The van der Waals surface area contributed by atoms with Gasteiger partial charge < -0.3 is 10.1 Å². The topological polar surface area (TPSA) is 75.7 Å². The second kappa shape index (κ2) is 7.34. The lowest BCUT2D eigenvalue weighted by atomic mass is 9.99. The molecule has 0 bridgehead atoms. The van der Waals surface area contributed by atoms with E-state index in [0.29, 0.717) is 29.0 Å². The Hall–Kier alpha value is -2.23. The molecule has 0 spiro atoms. The molecule has 2 aliphatic heterocycles. The molecule has 7 nitrogen and oxygen atoms in total. The van der Waals surface area contributed by atoms with Crippen molar-refractivity contribution in [2.24, 2.45) is 15.5 Å². The van der Waals surface area contributed by atoms with Crippen molar-refractivity contribution in [2.45, 2.75) is 25.4 Å². The molecule has 2 aromatic rings. The molecule has 4 rings (SSSR count). The van der Waals surface area contributed by atoms with Crippen LogP contribution in [0.15, 0.2) is 39.1 Å². The largest absolute Gasteiger partial charge is 0.487 e. The lowest BCUT2D eigenvalue weighted by Crippen LogP contribution is -3.00. The van der Waals surface area contributed by atoms with Crippen LogP contribution in [0.5, 0.6) is 5.75 Å². The van der Waals surface area contributed by atoms with Crippen molar-refractivity contribution in [3.8, 4) is 5.75 Å². The summed E-state index contributed by atoms with van der Waals surface area (Å²) in [7, 11) is 0. The number of thiazole rings is 1.